The number of rotatable bonds is 4. The molecule has 5 nitrogen and oxygen atoms in total. The fraction of sp³-hybridized carbons (Fsp3) is 0.273. The molecular weight excluding hydrogens is 393 g/mol. The van der Waals surface area contributed by atoms with Crippen LogP contribution in [0.25, 0.3) is 5.70 Å². The summed E-state index contributed by atoms with van der Waals surface area (Å²) in [4.78, 5) is 18.8. The van der Waals surface area contributed by atoms with E-state index in [-0.39, 0.29) is 29.4 Å². The van der Waals surface area contributed by atoms with Crippen LogP contribution in [0.15, 0.2) is 47.5 Å². The zero-order chi connectivity index (χ0) is 21.3. The second kappa shape index (κ2) is 8.31. The molecule has 2 aromatic rings. The molecule has 0 bridgehead atoms. The van der Waals surface area contributed by atoms with Crippen LogP contribution in [0.4, 0.5) is 24.5 Å². The van der Waals surface area contributed by atoms with Crippen molar-refractivity contribution < 1.29 is 18.0 Å². The molecule has 4 rings (SSSR count). The van der Waals surface area contributed by atoms with Crippen molar-refractivity contribution in [1.82, 2.24) is 0 Å². The molecule has 2 aromatic carbocycles. The Kier molecular flexibility index (Phi) is 5.59. The molecule has 3 N–H and O–H groups in total. The Morgan fingerprint density at radius 3 is 2.77 bits per heavy atom. The Bertz CT molecular complexity index is 1050. The Balaban J connectivity index is 1.54. The fourth-order valence-corrected chi connectivity index (χ4v) is 3.79. The van der Waals surface area contributed by atoms with Crippen LogP contribution in [0.5, 0.6) is 0 Å². The highest BCUT2D eigenvalue weighted by atomic mass is 19.1. The number of nitrogens with two attached hydrogens (primary N) is 1. The van der Waals surface area contributed by atoms with Crippen molar-refractivity contribution in [1.29, 1.82) is 0 Å². The van der Waals surface area contributed by atoms with E-state index in [1.165, 1.54) is 18.2 Å². The summed E-state index contributed by atoms with van der Waals surface area (Å²) in [6.07, 6.45) is 3.50. The molecule has 30 heavy (non-hydrogen) atoms. The summed E-state index contributed by atoms with van der Waals surface area (Å²) in [6, 6.07) is 7.62. The monoisotopic (exact) mass is 414 g/mol. The largest absolute Gasteiger partial charge is 0.366 e. The van der Waals surface area contributed by atoms with Crippen molar-refractivity contribution in [3.8, 4) is 0 Å². The van der Waals surface area contributed by atoms with Gasteiger partial charge in [-0.2, -0.15) is 0 Å². The number of allylic oxidation sites excluding steroid dienone is 1. The molecule has 1 fully saturated rings. The van der Waals surface area contributed by atoms with E-state index in [0.29, 0.717) is 24.5 Å². The van der Waals surface area contributed by atoms with Crippen molar-refractivity contribution in [2.24, 2.45) is 10.7 Å². The number of benzene rings is 2. The number of carbonyl (C=O) groups is 1. The van der Waals surface area contributed by atoms with Gasteiger partial charge in [-0.15, -0.1) is 0 Å². The Labute approximate surface area is 172 Å². The lowest BCUT2D eigenvalue weighted by atomic mass is 10.1. The van der Waals surface area contributed by atoms with Crippen molar-refractivity contribution in [3.63, 3.8) is 0 Å². The SMILES string of the molecule is N[C@@H]1CCCN(c2c(F)cccc2NC(=O)C2=NC(c3ccc(F)cc3F)=CC2)C1. The molecule has 1 amide bonds. The summed E-state index contributed by atoms with van der Waals surface area (Å²) >= 11 is 0. The number of aliphatic imine (C=N–C) groups is 1. The molecule has 8 heteroatoms. The van der Waals surface area contributed by atoms with Gasteiger partial charge in [-0.05, 0) is 37.1 Å². The van der Waals surface area contributed by atoms with Gasteiger partial charge in [0.05, 0.1) is 17.1 Å². The first-order valence-corrected chi connectivity index (χ1v) is 9.76. The number of piperidine rings is 1. The zero-order valence-electron chi connectivity index (χ0n) is 16.2. The molecule has 0 aliphatic carbocycles. The lowest BCUT2D eigenvalue weighted by molar-refractivity contribution is -0.110. The molecule has 156 valence electrons. The van der Waals surface area contributed by atoms with Crippen molar-refractivity contribution in [2.75, 3.05) is 23.3 Å². The van der Waals surface area contributed by atoms with E-state index in [2.05, 4.69) is 10.3 Å². The van der Waals surface area contributed by atoms with Gasteiger partial charge in [0.2, 0.25) is 0 Å². The van der Waals surface area contributed by atoms with Crippen LogP contribution >= 0.6 is 0 Å². The van der Waals surface area contributed by atoms with Gasteiger partial charge < -0.3 is 16.0 Å². The van der Waals surface area contributed by atoms with Crippen LogP contribution in [-0.2, 0) is 4.79 Å². The van der Waals surface area contributed by atoms with Gasteiger partial charge in [0.1, 0.15) is 23.2 Å². The lowest BCUT2D eigenvalue weighted by Gasteiger charge is -2.34. The van der Waals surface area contributed by atoms with Crippen LogP contribution in [0.1, 0.15) is 24.8 Å². The zero-order valence-corrected chi connectivity index (χ0v) is 16.2. The number of hydrogen-bond acceptors (Lipinski definition) is 4. The average molecular weight is 414 g/mol. The second-order valence-electron chi connectivity index (χ2n) is 7.41. The third-order valence-electron chi connectivity index (χ3n) is 5.22. The average Bonchev–Trinajstić information content (AvgIpc) is 3.18. The standard InChI is InChI=1S/C22H21F3N4O/c23-13-6-7-15(17(25)11-13)18-8-9-20(27-18)22(30)28-19-5-1-4-16(24)21(19)29-10-2-3-14(26)12-29/h1,4-8,11,14H,2-3,9-10,12,26H2,(H,28,30)/t14-/m1/s1. The molecule has 1 atom stereocenters. The van der Waals surface area contributed by atoms with Crippen LogP contribution in [0, 0.1) is 17.5 Å². The Hall–Kier alpha value is -3.13. The smallest absolute Gasteiger partial charge is 0.270 e. The minimum atomic E-state index is -0.750. The number of amides is 1. The number of carbonyl (C=O) groups excluding carboxylic acids is 1. The summed E-state index contributed by atoms with van der Waals surface area (Å²) in [5.41, 5.74) is 7.21. The highest BCUT2D eigenvalue weighted by molar-refractivity contribution is 6.45. The molecule has 2 aliphatic heterocycles. The van der Waals surface area contributed by atoms with Crippen LogP contribution < -0.4 is 16.0 Å². The van der Waals surface area contributed by atoms with Gasteiger partial charge in [-0.3, -0.25) is 4.79 Å². The molecule has 0 aromatic heterocycles. The first kappa shape index (κ1) is 20.2. The minimum absolute atomic E-state index is 0.0570. The van der Waals surface area contributed by atoms with Crippen molar-refractivity contribution in [2.45, 2.75) is 25.3 Å². The molecule has 2 aliphatic rings. The quantitative estimate of drug-likeness (QED) is 0.798. The number of nitrogens with one attached hydrogen (secondary N) is 1. The Morgan fingerprint density at radius 1 is 1.17 bits per heavy atom. The van der Waals surface area contributed by atoms with E-state index < -0.39 is 23.4 Å². The van der Waals surface area contributed by atoms with E-state index in [0.717, 1.165) is 25.0 Å². The summed E-state index contributed by atoms with van der Waals surface area (Å²) in [5, 5.41) is 2.72. The van der Waals surface area contributed by atoms with Crippen molar-refractivity contribution >= 4 is 28.7 Å². The molecule has 1 saturated heterocycles. The van der Waals surface area contributed by atoms with E-state index in [1.54, 1.807) is 12.1 Å². The lowest BCUT2D eigenvalue weighted by Crippen LogP contribution is -2.43. The molecule has 2 heterocycles. The number of para-hydroxylation sites is 1. The number of halogens is 3. The van der Waals surface area contributed by atoms with Gasteiger partial charge >= 0.3 is 0 Å². The second-order valence-corrected chi connectivity index (χ2v) is 7.41. The highest BCUT2D eigenvalue weighted by Gasteiger charge is 2.25. The van der Waals surface area contributed by atoms with Gasteiger partial charge in [0.15, 0.2) is 0 Å². The summed E-state index contributed by atoms with van der Waals surface area (Å²) in [5.74, 6) is -2.38. The topological polar surface area (TPSA) is 70.7 Å². The van der Waals surface area contributed by atoms with Crippen LogP contribution in [0.3, 0.4) is 0 Å². The number of anilines is 2. The normalized spacial score (nSPS) is 18.8. The first-order chi connectivity index (χ1) is 14.4. The van der Waals surface area contributed by atoms with Gasteiger partial charge in [0.25, 0.3) is 5.91 Å². The van der Waals surface area contributed by atoms with E-state index >= 15 is 0 Å². The van der Waals surface area contributed by atoms with E-state index in [4.69, 9.17) is 5.73 Å². The predicted octanol–water partition coefficient (Wildman–Crippen LogP) is 3.86. The van der Waals surface area contributed by atoms with Gasteiger partial charge in [0, 0.05) is 37.2 Å². The fourth-order valence-electron chi connectivity index (χ4n) is 3.79. The third-order valence-corrected chi connectivity index (χ3v) is 5.22. The Morgan fingerprint density at radius 2 is 2.00 bits per heavy atom. The van der Waals surface area contributed by atoms with Crippen LogP contribution in [-0.4, -0.2) is 30.8 Å². The minimum Gasteiger partial charge on any atom is -0.366 e. The number of hydrogen-bond donors (Lipinski definition) is 2. The third kappa shape index (κ3) is 4.09. The molecule has 0 saturated carbocycles. The maximum atomic E-state index is 14.6. The van der Waals surface area contributed by atoms with Crippen molar-refractivity contribution in [3.05, 3.63) is 65.5 Å². The maximum absolute atomic E-state index is 14.6. The highest BCUT2D eigenvalue weighted by Crippen LogP contribution is 2.32. The van der Waals surface area contributed by atoms with Gasteiger partial charge in [-0.25, -0.2) is 18.2 Å². The molecule has 0 radical (unpaired) electrons. The van der Waals surface area contributed by atoms with Gasteiger partial charge in [-0.1, -0.05) is 12.1 Å². The summed E-state index contributed by atoms with van der Waals surface area (Å²) in [6.45, 7) is 1.15. The summed E-state index contributed by atoms with van der Waals surface area (Å²) < 4.78 is 41.7. The molecular formula is C22H21F3N4O. The van der Waals surface area contributed by atoms with E-state index in [9.17, 15) is 18.0 Å². The predicted molar refractivity (Wildman–Crippen MR) is 111 cm³/mol. The maximum Gasteiger partial charge on any atom is 0.270 e. The molecule has 0 unspecified atom stereocenters. The summed E-state index contributed by atoms with van der Waals surface area (Å²) in [7, 11) is 0. The molecule has 0 spiro atoms. The van der Waals surface area contributed by atoms with Crippen LogP contribution in [0.2, 0.25) is 0 Å². The first-order valence-electron chi connectivity index (χ1n) is 9.76. The number of nitrogens with zero attached hydrogens (tertiary/aromatic N) is 2. The van der Waals surface area contributed by atoms with E-state index in [1.807, 2.05) is 4.90 Å².